The molecule has 0 spiro atoms. The number of aliphatic carboxylic acids is 1. The summed E-state index contributed by atoms with van der Waals surface area (Å²) in [6.45, 7) is 2.52. The lowest BCUT2D eigenvalue weighted by Gasteiger charge is -2.23. The van der Waals surface area contributed by atoms with E-state index in [1.807, 2.05) is 30.3 Å². The van der Waals surface area contributed by atoms with Crippen molar-refractivity contribution in [3.05, 3.63) is 65.7 Å². The maximum atomic E-state index is 13.0. The van der Waals surface area contributed by atoms with Crippen LogP contribution in [0.4, 0.5) is 13.6 Å². The minimum atomic E-state index is -2.95. The van der Waals surface area contributed by atoms with Gasteiger partial charge in [-0.2, -0.15) is 0 Å². The number of carboxylic acid groups (broad SMARTS) is 1. The Labute approximate surface area is 216 Å². The molecule has 2 aromatic rings. The number of rotatable bonds is 17. The molecule has 2 rings (SSSR count). The van der Waals surface area contributed by atoms with E-state index >= 15 is 0 Å². The van der Waals surface area contributed by atoms with Crippen LogP contribution in [-0.2, 0) is 31.8 Å². The van der Waals surface area contributed by atoms with E-state index in [2.05, 4.69) is 0 Å². The van der Waals surface area contributed by atoms with Crippen LogP contribution in [0.25, 0.3) is 0 Å². The minimum absolute atomic E-state index is 0.0660. The average molecular weight is 524 g/mol. The molecule has 0 aliphatic heterocycles. The summed E-state index contributed by atoms with van der Waals surface area (Å²) in [5, 5.41) is 9.22. The van der Waals surface area contributed by atoms with Gasteiger partial charge in [-0.1, -0.05) is 42.5 Å². The second-order valence-corrected chi connectivity index (χ2v) is 8.44. The number of nitrogens with zero attached hydrogens (tertiary/aromatic N) is 1. The quantitative estimate of drug-likeness (QED) is 0.306. The fraction of sp³-hybridized carbons (Fsp3) is 0.481. The van der Waals surface area contributed by atoms with Gasteiger partial charge in [-0.25, -0.2) is 18.4 Å². The smallest absolute Gasteiger partial charge is 0.409 e. The van der Waals surface area contributed by atoms with E-state index in [0.29, 0.717) is 18.8 Å². The number of amides is 1. The van der Waals surface area contributed by atoms with E-state index in [1.54, 1.807) is 31.2 Å². The molecule has 0 saturated carbocycles. The highest BCUT2D eigenvalue weighted by Crippen LogP contribution is 2.15. The number of ether oxygens (including phenoxy) is 4. The molecule has 1 N–H and O–H groups in total. The molecule has 0 bridgehead atoms. The highest BCUT2D eigenvalue weighted by atomic mass is 19.3. The van der Waals surface area contributed by atoms with Crippen LogP contribution < -0.4 is 4.74 Å². The molecule has 0 aromatic heterocycles. The second kappa shape index (κ2) is 15.8. The van der Waals surface area contributed by atoms with Crippen molar-refractivity contribution in [3.8, 4) is 5.75 Å². The van der Waals surface area contributed by atoms with Crippen molar-refractivity contribution in [2.45, 2.75) is 38.7 Å². The Morgan fingerprint density at radius 2 is 1.65 bits per heavy atom. The Kier molecular flexibility index (Phi) is 12.8. The van der Waals surface area contributed by atoms with Crippen molar-refractivity contribution >= 4 is 12.1 Å². The predicted octanol–water partition coefficient (Wildman–Crippen LogP) is 4.45. The lowest BCUT2D eigenvalue weighted by Crippen LogP contribution is -2.38. The van der Waals surface area contributed by atoms with E-state index in [-0.39, 0.29) is 39.3 Å². The average Bonchev–Trinajstić information content (AvgIpc) is 2.86. The van der Waals surface area contributed by atoms with Crippen LogP contribution in [0, 0.1) is 0 Å². The number of carbonyl (C=O) groups excluding carboxylic acids is 1. The zero-order valence-corrected chi connectivity index (χ0v) is 21.2. The van der Waals surface area contributed by atoms with Gasteiger partial charge in [0.15, 0.2) is 6.10 Å². The first kappa shape index (κ1) is 30.0. The van der Waals surface area contributed by atoms with E-state index in [9.17, 15) is 23.5 Å². The number of hydrogen-bond acceptors (Lipinski definition) is 6. The van der Waals surface area contributed by atoms with Gasteiger partial charge in [-0.05, 0) is 30.2 Å². The number of halogens is 2. The minimum Gasteiger partial charge on any atom is -0.492 e. The number of hydrogen-bond donors (Lipinski definition) is 1. The van der Waals surface area contributed by atoms with Crippen LogP contribution in [0.2, 0.25) is 0 Å². The normalized spacial score (nSPS) is 12.1. The lowest BCUT2D eigenvalue weighted by molar-refractivity contribution is -0.149. The third-order valence-electron chi connectivity index (χ3n) is 5.20. The van der Waals surface area contributed by atoms with E-state index < -0.39 is 30.7 Å². The highest BCUT2D eigenvalue weighted by molar-refractivity contribution is 5.72. The van der Waals surface area contributed by atoms with Gasteiger partial charge < -0.3 is 29.0 Å². The van der Waals surface area contributed by atoms with Crippen LogP contribution >= 0.6 is 0 Å². The van der Waals surface area contributed by atoms with Crippen LogP contribution in [0.3, 0.4) is 0 Å². The second-order valence-electron chi connectivity index (χ2n) is 8.44. The molecule has 0 fully saturated rings. The summed E-state index contributed by atoms with van der Waals surface area (Å²) < 4.78 is 47.3. The van der Waals surface area contributed by atoms with E-state index in [1.165, 1.54) is 4.90 Å². The summed E-state index contributed by atoms with van der Waals surface area (Å²) >= 11 is 0. The van der Waals surface area contributed by atoms with Gasteiger partial charge >= 0.3 is 12.1 Å². The Hall–Kier alpha value is -3.24. The maximum absolute atomic E-state index is 13.0. The van der Waals surface area contributed by atoms with Gasteiger partial charge in [-0.3, -0.25) is 0 Å². The van der Waals surface area contributed by atoms with E-state index in [0.717, 1.165) is 18.1 Å². The molecule has 0 heterocycles. The first-order chi connectivity index (χ1) is 17.7. The van der Waals surface area contributed by atoms with Gasteiger partial charge in [0.05, 0.1) is 19.8 Å². The molecule has 0 radical (unpaired) electrons. The SMILES string of the molecule is CCOC(Cc1ccc(OCCN(CCOCC(C)(F)F)C(=O)OCCc2ccccc2)cc1)C(=O)O. The Balaban J connectivity index is 1.86. The van der Waals surface area contributed by atoms with Crippen molar-refractivity contribution in [1.82, 2.24) is 4.90 Å². The number of carboxylic acids is 1. The summed E-state index contributed by atoms with van der Waals surface area (Å²) in [4.78, 5) is 25.2. The zero-order valence-electron chi connectivity index (χ0n) is 21.2. The third-order valence-corrected chi connectivity index (χ3v) is 5.20. The molecule has 0 aliphatic rings. The molecule has 1 atom stereocenters. The van der Waals surface area contributed by atoms with Crippen LogP contribution in [0.15, 0.2) is 54.6 Å². The zero-order chi connectivity index (χ0) is 27.1. The Morgan fingerprint density at radius 3 is 2.27 bits per heavy atom. The van der Waals surface area contributed by atoms with Crippen molar-refractivity contribution in [2.75, 3.05) is 46.1 Å². The van der Waals surface area contributed by atoms with Crippen LogP contribution in [-0.4, -0.2) is 80.2 Å². The summed E-state index contributed by atoms with van der Waals surface area (Å²) in [5.41, 5.74) is 1.81. The van der Waals surface area contributed by atoms with Crippen molar-refractivity contribution in [1.29, 1.82) is 0 Å². The van der Waals surface area contributed by atoms with Crippen LogP contribution in [0.5, 0.6) is 5.75 Å². The van der Waals surface area contributed by atoms with Gasteiger partial charge in [-0.15, -0.1) is 0 Å². The van der Waals surface area contributed by atoms with Crippen LogP contribution in [0.1, 0.15) is 25.0 Å². The molecule has 37 heavy (non-hydrogen) atoms. The Morgan fingerprint density at radius 1 is 0.973 bits per heavy atom. The molecular formula is C27H35F2NO7. The molecule has 1 unspecified atom stereocenters. The summed E-state index contributed by atoms with van der Waals surface area (Å²) in [5.74, 6) is -3.44. The standard InChI is InChI=1S/C27H35F2NO7/c1-3-35-24(25(31)32)19-22-9-11-23(12-10-22)36-18-15-30(14-17-34-20-27(2,28)29)26(33)37-16-13-21-7-5-4-6-8-21/h4-12,24H,3,13-20H2,1-2H3,(H,31,32). The first-order valence-corrected chi connectivity index (χ1v) is 12.1. The van der Waals surface area contributed by atoms with Gasteiger partial charge in [0, 0.05) is 32.9 Å². The summed E-state index contributed by atoms with van der Waals surface area (Å²) in [6.07, 6.45) is -0.734. The monoisotopic (exact) mass is 523 g/mol. The van der Waals surface area contributed by atoms with Crippen molar-refractivity contribution in [2.24, 2.45) is 0 Å². The lowest BCUT2D eigenvalue weighted by atomic mass is 10.1. The van der Waals surface area contributed by atoms with Gasteiger partial charge in [0.1, 0.15) is 19.0 Å². The summed E-state index contributed by atoms with van der Waals surface area (Å²) in [7, 11) is 0. The molecule has 8 nitrogen and oxygen atoms in total. The molecule has 0 saturated heterocycles. The Bertz CT molecular complexity index is 936. The highest BCUT2D eigenvalue weighted by Gasteiger charge is 2.22. The fourth-order valence-corrected chi connectivity index (χ4v) is 3.34. The first-order valence-electron chi connectivity index (χ1n) is 12.1. The molecular weight excluding hydrogens is 488 g/mol. The third kappa shape index (κ3) is 12.5. The maximum Gasteiger partial charge on any atom is 0.409 e. The number of benzene rings is 2. The molecule has 0 aliphatic carbocycles. The van der Waals surface area contributed by atoms with Gasteiger partial charge in [0.25, 0.3) is 5.92 Å². The van der Waals surface area contributed by atoms with E-state index in [4.69, 9.17) is 18.9 Å². The van der Waals surface area contributed by atoms with Crippen molar-refractivity contribution in [3.63, 3.8) is 0 Å². The topological polar surface area (TPSA) is 94.5 Å². The molecule has 204 valence electrons. The number of alkyl halides is 2. The predicted molar refractivity (Wildman–Crippen MR) is 133 cm³/mol. The van der Waals surface area contributed by atoms with Crippen molar-refractivity contribution < 1.29 is 42.4 Å². The number of carbonyl (C=O) groups is 2. The summed E-state index contributed by atoms with van der Waals surface area (Å²) in [6, 6.07) is 16.5. The molecule has 2 aromatic carbocycles. The molecule has 1 amide bonds. The van der Waals surface area contributed by atoms with Gasteiger partial charge in [0.2, 0.25) is 0 Å². The largest absolute Gasteiger partial charge is 0.492 e. The fourth-order valence-electron chi connectivity index (χ4n) is 3.34. The molecule has 10 heteroatoms.